The van der Waals surface area contributed by atoms with Crippen molar-refractivity contribution < 1.29 is 4.74 Å². The fourth-order valence-electron chi connectivity index (χ4n) is 4.00. The summed E-state index contributed by atoms with van der Waals surface area (Å²) in [4.78, 5) is 10.3. The third-order valence-electron chi connectivity index (χ3n) is 5.13. The van der Waals surface area contributed by atoms with Gasteiger partial charge in [0, 0.05) is 30.7 Å². The Morgan fingerprint density at radius 1 is 1.36 bits per heavy atom. The van der Waals surface area contributed by atoms with Gasteiger partial charge in [-0.2, -0.15) is 0 Å². The van der Waals surface area contributed by atoms with Crippen LogP contribution in [-0.2, 0) is 4.74 Å². The van der Waals surface area contributed by atoms with Crippen molar-refractivity contribution >= 4 is 17.3 Å². The molecule has 3 atom stereocenters. The maximum absolute atomic E-state index is 5.87. The van der Waals surface area contributed by atoms with Gasteiger partial charge in [0.15, 0.2) is 5.11 Å². The van der Waals surface area contributed by atoms with Crippen LogP contribution in [0.2, 0.25) is 0 Å². The molecule has 2 saturated heterocycles. The molecule has 4 rings (SSSR count). The zero-order valence-electron chi connectivity index (χ0n) is 14.7. The van der Waals surface area contributed by atoms with Crippen LogP contribution in [0.1, 0.15) is 47.6 Å². The van der Waals surface area contributed by atoms with Gasteiger partial charge in [-0.15, -0.1) is 0 Å². The lowest BCUT2D eigenvalue weighted by molar-refractivity contribution is 0.0842. The molecular formula is C19H24N4OS. The van der Waals surface area contributed by atoms with Crippen molar-refractivity contribution in [3.8, 4) is 0 Å². The van der Waals surface area contributed by atoms with Gasteiger partial charge < -0.3 is 19.9 Å². The Balaban J connectivity index is 1.71. The summed E-state index contributed by atoms with van der Waals surface area (Å²) in [5, 5.41) is 4.29. The number of aryl methyl sites for hydroxylation is 2. The van der Waals surface area contributed by atoms with Crippen molar-refractivity contribution in [3.05, 3.63) is 53.1 Å². The molecule has 2 fully saturated rings. The van der Waals surface area contributed by atoms with Crippen molar-refractivity contribution in [2.24, 2.45) is 0 Å². The van der Waals surface area contributed by atoms with Gasteiger partial charge in [-0.25, -0.2) is 0 Å². The van der Waals surface area contributed by atoms with Crippen molar-refractivity contribution in [2.45, 2.75) is 44.9 Å². The average molecular weight is 356 g/mol. The molecule has 0 aliphatic carbocycles. The van der Waals surface area contributed by atoms with E-state index in [0.717, 1.165) is 36.8 Å². The van der Waals surface area contributed by atoms with E-state index in [1.165, 1.54) is 17.0 Å². The predicted molar refractivity (Wildman–Crippen MR) is 101 cm³/mol. The summed E-state index contributed by atoms with van der Waals surface area (Å²) < 4.78 is 5.87. The monoisotopic (exact) mass is 356 g/mol. The molecule has 0 spiro atoms. The van der Waals surface area contributed by atoms with Crippen LogP contribution in [0.15, 0.2) is 30.5 Å². The van der Waals surface area contributed by atoms with Crippen LogP contribution in [0.5, 0.6) is 0 Å². The van der Waals surface area contributed by atoms with E-state index in [9.17, 15) is 0 Å². The molecule has 0 aromatic carbocycles. The Morgan fingerprint density at radius 3 is 2.88 bits per heavy atom. The van der Waals surface area contributed by atoms with E-state index >= 15 is 0 Å². The number of hydrogen-bond donors (Lipinski definition) is 2. The summed E-state index contributed by atoms with van der Waals surface area (Å²) in [6.45, 7) is 5.90. The van der Waals surface area contributed by atoms with Gasteiger partial charge in [0.05, 0.1) is 23.9 Å². The van der Waals surface area contributed by atoms with Crippen molar-refractivity contribution in [3.63, 3.8) is 0 Å². The lowest BCUT2D eigenvalue weighted by atomic mass is 9.96. The third kappa shape index (κ3) is 3.16. The highest BCUT2D eigenvalue weighted by Crippen LogP contribution is 2.40. The van der Waals surface area contributed by atoms with Crippen LogP contribution in [0.3, 0.4) is 0 Å². The Bertz CT molecular complexity index is 754. The average Bonchev–Trinajstić information content (AvgIpc) is 3.30. The smallest absolute Gasteiger partial charge is 0.170 e. The first-order valence-electron chi connectivity index (χ1n) is 8.89. The molecule has 0 amide bonds. The number of ether oxygens (including phenoxy) is 1. The van der Waals surface area contributed by atoms with E-state index in [1.54, 1.807) is 0 Å². The van der Waals surface area contributed by atoms with Gasteiger partial charge in [-0.1, -0.05) is 6.07 Å². The highest BCUT2D eigenvalue weighted by Gasteiger charge is 2.42. The molecule has 2 N–H and O–H groups in total. The maximum atomic E-state index is 5.87. The number of nitrogens with one attached hydrogen (secondary N) is 2. The molecule has 2 aliphatic rings. The first kappa shape index (κ1) is 16.5. The van der Waals surface area contributed by atoms with E-state index in [0.29, 0.717) is 0 Å². The number of hydrogen-bond acceptors (Lipinski definition) is 3. The molecule has 6 heteroatoms. The van der Waals surface area contributed by atoms with Gasteiger partial charge >= 0.3 is 0 Å². The van der Waals surface area contributed by atoms with Crippen LogP contribution in [0.4, 0.5) is 0 Å². The summed E-state index contributed by atoms with van der Waals surface area (Å²) >= 11 is 5.70. The zero-order chi connectivity index (χ0) is 17.4. The van der Waals surface area contributed by atoms with Crippen LogP contribution < -0.4 is 5.32 Å². The number of aromatic amines is 1. The van der Waals surface area contributed by atoms with E-state index in [4.69, 9.17) is 17.0 Å². The summed E-state index contributed by atoms with van der Waals surface area (Å²) in [5.74, 6) is 0. The third-order valence-corrected chi connectivity index (χ3v) is 5.48. The quantitative estimate of drug-likeness (QED) is 0.824. The molecule has 0 bridgehead atoms. The molecule has 132 valence electrons. The van der Waals surface area contributed by atoms with E-state index in [2.05, 4.69) is 46.2 Å². The van der Waals surface area contributed by atoms with E-state index < -0.39 is 0 Å². The van der Waals surface area contributed by atoms with Crippen LogP contribution >= 0.6 is 12.2 Å². The summed E-state index contributed by atoms with van der Waals surface area (Å²) in [7, 11) is 0. The number of aromatic nitrogens is 2. The minimum atomic E-state index is 0.0454. The van der Waals surface area contributed by atoms with Crippen molar-refractivity contribution in [1.29, 1.82) is 0 Å². The van der Waals surface area contributed by atoms with Gasteiger partial charge in [0.2, 0.25) is 0 Å². The van der Waals surface area contributed by atoms with Crippen molar-refractivity contribution in [1.82, 2.24) is 20.2 Å². The van der Waals surface area contributed by atoms with E-state index in [1.807, 2.05) is 18.3 Å². The first-order valence-corrected chi connectivity index (χ1v) is 9.30. The highest BCUT2D eigenvalue weighted by molar-refractivity contribution is 7.80. The van der Waals surface area contributed by atoms with Gasteiger partial charge in [-0.05, 0) is 62.7 Å². The molecule has 2 aromatic rings. The Labute approximate surface area is 153 Å². The predicted octanol–water partition coefficient (Wildman–Crippen LogP) is 3.18. The van der Waals surface area contributed by atoms with Gasteiger partial charge in [0.1, 0.15) is 0 Å². The molecule has 2 aliphatic heterocycles. The van der Waals surface area contributed by atoms with Gasteiger partial charge in [-0.3, -0.25) is 4.98 Å². The van der Waals surface area contributed by atoms with Crippen molar-refractivity contribution in [2.75, 3.05) is 13.2 Å². The minimum Gasteiger partial charge on any atom is -0.376 e. The number of H-pyrrole nitrogens is 1. The second kappa shape index (κ2) is 6.77. The Hall–Kier alpha value is -1.92. The normalized spacial score (nSPS) is 26.2. The molecule has 0 unspecified atom stereocenters. The van der Waals surface area contributed by atoms with E-state index in [-0.39, 0.29) is 18.2 Å². The molecule has 0 radical (unpaired) electrons. The lowest BCUT2D eigenvalue weighted by Gasteiger charge is -2.29. The maximum Gasteiger partial charge on any atom is 0.170 e. The SMILES string of the molecule is Cc1cc([C@@H]2[C@@H](c3ccccn3)NC(=S)N2C[C@@H]2CCCO2)c(C)[nH]1. The van der Waals surface area contributed by atoms with Crippen LogP contribution in [-0.4, -0.2) is 39.2 Å². The topological polar surface area (TPSA) is 53.2 Å². The highest BCUT2D eigenvalue weighted by atomic mass is 32.1. The number of rotatable bonds is 4. The van der Waals surface area contributed by atoms with Crippen LogP contribution in [0, 0.1) is 13.8 Å². The minimum absolute atomic E-state index is 0.0454. The molecule has 5 nitrogen and oxygen atoms in total. The molecule has 25 heavy (non-hydrogen) atoms. The number of nitrogens with zero attached hydrogens (tertiary/aromatic N) is 2. The number of pyridine rings is 1. The Kier molecular flexibility index (Phi) is 4.48. The fraction of sp³-hybridized carbons (Fsp3) is 0.474. The second-order valence-corrected chi connectivity index (χ2v) is 7.33. The molecule has 0 saturated carbocycles. The van der Waals surface area contributed by atoms with Crippen LogP contribution in [0.25, 0.3) is 0 Å². The lowest BCUT2D eigenvalue weighted by Crippen LogP contribution is -2.36. The molecule has 2 aromatic heterocycles. The second-order valence-electron chi connectivity index (χ2n) is 6.95. The molecular weight excluding hydrogens is 332 g/mol. The molecule has 4 heterocycles. The number of thiocarbonyl (C=S) groups is 1. The standard InChI is InChI=1S/C19H24N4OS/c1-12-10-15(13(2)21-12)18-17(16-7-3-4-8-20-16)22-19(25)23(18)11-14-6-5-9-24-14/h3-4,7-8,10,14,17-18,21H,5-6,9,11H2,1-2H3,(H,22,25)/t14-,17+,18+/m0/s1. The Morgan fingerprint density at radius 2 is 2.24 bits per heavy atom. The fourth-order valence-corrected chi connectivity index (χ4v) is 4.32. The summed E-state index contributed by atoms with van der Waals surface area (Å²) in [6, 6.07) is 8.44. The zero-order valence-corrected chi connectivity index (χ0v) is 15.5. The first-order chi connectivity index (χ1) is 12.1. The largest absolute Gasteiger partial charge is 0.376 e. The summed E-state index contributed by atoms with van der Waals surface area (Å²) in [5.41, 5.74) is 4.65. The summed E-state index contributed by atoms with van der Waals surface area (Å²) in [6.07, 6.45) is 4.33. The van der Waals surface area contributed by atoms with Gasteiger partial charge in [0.25, 0.3) is 0 Å².